The van der Waals surface area contributed by atoms with Crippen molar-refractivity contribution in [3.8, 4) is 0 Å². The number of hydrogen-bond donors (Lipinski definition) is 4. The molecule has 0 spiro atoms. The van der Waals surface area contributed by atoms with Crippen molar-refractivity contribution < 1.29 is 52.9 Å². The number of nitrogens with one attached hydrogen (secondary N) is 3. The molecule has 304 valence electrons. The molecule has 1 saturated heterocycles. The van der Waals surface area contributed by atoms with Crippen molar-refractivity contribution in [1.82, 2.24) is 35.5 Å². The molecule has 5 amide bonds. The molecule has 56 heavy (non-hydrogen) atoms. The van der Waals surface area contributed by atoms with Crippen molar-refractivity contribution in [1.29, 1.82) is 0 Å². The van der Waals surface area contributed by atoms with Crippen molar-refractivity contribution in [3.63, 3.8) is 0 Å². The molecule has 0 aromatic carbocycles. The van der Waals surface area contributed by atoms with Crippen LogP contribution in [-0.2, 0) is 53.1 Å². The summed E-state index contributed by atoms with van der Waals surface area (Å²) in [6, 6.07) is -2.03. The van der Waals surface area contributed by atoms with Crippen molar-refractivity contribution in [2.75, 3.05) is 5.32 Å². The lowest BCUT2D eigenvalue weighted by molar-refractivity contribution is -0.153. The van der Waals surface area contributed by atoms with Crippen LogP contribution in [0, 0.1) is 0 Å². The van der Waals surface area contributed by atoms with Crippen LogP contribution in [0.3, 0.4) is 0 Å². The molecule has 4 N–H and O–H groups in total. The number of amides is 5. The Morgan fingerprint density at radius 1 is 1.02 bits per heavy atom. The van der Waals surface area contributed by atoms with Gasteiger partial charge >= 0.3 is 24.2 Å². The van der Waals surface area contributed by atoms with Crippen LogP contribution in [-0.4, -0.2) is 106 Å². The lowest BCUT2D eigenvalue weighted by atomic mass is 9.98. The number of oxime groups is 1. The predicted octanol–water partition coefficient (Wildman–Crippen LogP) is 3.59. The fourth-order valence-electron chi connectivity index (χ4n) is 4.60. The van der Waals surface area contributed by atoms with E-state index in [1.807, 2.05) is 0 Å². The molecule has 3 heterocycles. The van der Waals surface area contributed by atoms with Gasteiger partial charge in [-0.05, 0) is 67.8 Å². The van der Waals surface area contributed by atoms with Crippen LogP contribution in [0.5, 0.6) is 0 Å². The zero-order valence-corrected chi connectivity index (χ0v) is 33.0. The number of aromatic nitrogens is 4. The van der Waals surface area contributed by atoms with E-state index in [0.717, 1.165) is 16.1 Å². The number of carboxylic acid groups (broad SMARTS) is 1. The van der Waals surface area contributed by atoms with Gasteiger partial charge in [-0.25, -0.2) is 29.1 Å². The molecule has 1 aliphatic carbocycles. The number of anilines is 1. The Balaban J connectivity index is 1.56. The number of carbonyl (C=O) groups excluding carboxylic acids is 5. The van der Waals surface area contributed by atoms with Gasteiger partial charge in [-0.1, -0.05) is 10.3 Å². The minimum atomic E-state index is -1.63. The molecule has 1 saturated carbocycles. The highest BCUT2D eigenvalue weighted by molar-refractivity contribution is 7.14. The summed E-state index contributed by atoms with van der Waals surface area (Å²) in [5.74, 6) is -2.84. The van der Waals surface area contributed by atoms with Gasteiger partial charge in [0, 0.05) is 23.1 Å². The zero-order valence-electron chi connectivity index (χ0n) is 32.2. The van der Waals surface area contributed by atoms with Gasteiger partial charge in [0.1, 0.15) is 34.2 Å². The first kappa shape index (κ1) is 42.7. The topological polar surface area (TPSA) is 304 Å². The summed E-state index contributed by atoms with van der Waals surface area (Å²) in [5.41, 5.74) is 4.14. The molecule has 0 bridgehead atoms. The maximum Gasteiger partial charge on any atom is 0.420 e. The third kappa shape index (κ3) is 11.7. The molecule has 2 aromatic rings. The van der Waals surface area contributed by atoms with E-state index in [4.69, 9.17) is 24.6 Å². The molecule has 2 aromatic heterocycles. The van der Waals surface area contributed by atoms with Crippen molar-refractivity contribution in [2.45, 2.75) is 129 Å². The summed E-state index contributed by atoms with van der Waals surface area (Å²) in [5, 5.41) is 34.7. The molecule has 2 aliphatic rings. The Bertz CT molecular complexity index is 1920. The standard InChI is InChI=1S/C32H44N12O11S/c1-29(2,3)52-26(49)38-25-36-19(15-56-25)21(41-55-32(10-11-32)24(47)48)23(46)37-20-18(35-22(20)45)14-44-39-16(12-34-42-33)17(40-44)13-43(27(50)53-30(4,5)6)28(51)54-31(7,8)9/h15,18,20H,10-14H2,1-9H3,(H,35,45)(H,37,46)(H,47,48)(H,36,38,49)/t18-,20-/m0/s1. The molecule has 2 atom stereocenters. The molecule has 2 fully saturated rings. The lowest BCUT2D eigenvalue weighted by Crippen LogP contribution is -2.70. The number of nitrogens with zero attached hydrogens (tertiary/aromatic N) is 9. The van der Waals surface area contributed by atoms with Crippen LogP contribution in [0.15, 0.2) is 15.7 Å². The Labute approximate surface area is 324 Å². The van der Waals surface area contributed by atoms with Crippen LogP contribution in [0.2, 0.25) is 0 Å². The van der Waals surface area contributed by atoms with Crippen LogP contribution in [0.4, 0.5) is 19.5 Å². The molecule has 24 heteroatoms. The fraction of sp³-hybridized carbons (Fsp3) is 0.625. The number of hydrogen-bond acceptors (Lipinski definition) is 16. The second-order valence-corrected chi connectivity index (χ2v) is 16.5. The summed E-state index contributed by atoms with van der Waals surface area (Å²) in [6.07, 6.45) is -2.59. The largest absolute Gasteiger partial charge is 0.478 e. The van der Waals surface area contributed by atoms with E-state index in [1.54, 1.807) is 62.3 Å². The van der Waals surface area contributed by atoms with Gasteiger partial charge in [0.2, 0.25) is 11.5 Å². The smallest absolute Gasteiger partial charge is 0.420 e. The molecule has 0 unspecified atom stereocenters. The number of rotatable bonds is 13. The van der Waals surface area contributed by atoms with Crippen molar-refractivity contribution in [3.05, 3.63) is 32.9 Å². The summed E-state index contributed by atoms with van der Waals surface area (Å²) < 4.78 is 16.1. The van der Waals surface area contributed by atoms with Gasteiger partial charge in [0.15, 0.2) is 10.8 Å². The highest BCUT2D eigenvalue weighted by Gasteiger charge is 2.55. The van der Waals surface area contributed by atoms with Crippen molar-refractivity contribution in [2.24, 2.45) is 10.3 Å². The monoisotopic (exact) mass is 804 g/mol. The summed E-state index contributed by atoms with van der Waals surface area (Å²) in [6.45, 7) is 13.7. The number of thiazole rings is 1. The average Bonchev–Trinajstić information content (AvgIpc) is 3.55. The fourth-order valence-corrected chi connectivity index (χ4v) is 5.28. The first-order chi connectivity index (χ1) is 25.9. The summed E-state index contributed by atoms with van der Waals surface area (Å²) >= 11 is 0.922. The molecular formula is C32H44N12O11S. The Kier molecular flexibility index (Phi) is 12.5. The van der Waals surface area contributed by atoms with Crippen LogP contribution >= 0.6 is 11.3 Å². The molecule has 0 radical (unpaired) electrons. The molecule has 4 rings (SSSR count). The number of carbonyl (C=O) groups is 6. The highest BCUT2D eigenvalue weighted by Crippen LogP contribution is 2.40. The summed E-state index contributed by atoms with van der Waals surface area (Å²) in [7, 11) is 0. The molecular weight excluding hydrogens is 760 g/mol. The molecule has 1 aliphatic heterocycles. The number of azide groups is 1. The van der Waals surface area contributed by atoms with E-state index in [1.165, 1.54) is 5.38 Å². The minimum Gasteiger partial charge on any atom is -0.478 e. The SMILES string of the molecule is CC(C)(C)OC(=O)Nc1nc(C(=NOC2(C(=O)O)CC2)C(=O)N[C@@H]2C(=O)N[C@H]2Cn2nc(CN=[N+]=[N-])c(CN(C(=O)OC(C)(C)C)C(=O)OC(C)(C)C)n2)cs1. The maximum absolute atomic E-state index is 13.7. The number of carboxylic acids is 1. The second kappa shape index (κ2) is 16.4. The number of aliphatic carboxylic acids is 1. The molecule has 23 nitrogen and oxygen atoms in total. The predicted molar refractivity (Wildman–Crippen MR) is 194 cm³/mol. The van der Waals surface area contributed by atoms with Gasteiger partial charge in [-0.15, -0.1) is 11.3 Å². The van der Waals surface area contributed by atoms with Gasteiger partial charge in [0.25, 0.3) is 5.91 Å². The van der Waals surface area contributed by atoms with Crippen LogP contribution in [0.1, 0.15) is 92.2 Å². The van der Waals surface area contributed by atoms with Gasteiger partial charge in [-0.3, -0.25) is 14.9 Å². The van der Waals surface area contributed by atoms with Crippen molar-refractivity contribution >= 4 is 58.2 Å². The van der Waals surface area contributed by atoms with E-state index in [0.29, 0.717) is 4.90 Å². The van der Waals surface area contributed by atoms with E-state index >= 15 is 0 Å². The second-order valence-electron chi connectivity index (χ2n) is 15.6. The minimum absolute atomic E-state index is 0.0300. The lowest BCUT2D eigenvalue weighted by Gasteiger charge is -2.36. The van der Waals surface area contributed by atoms with Crippen LogP contribution < -0.4 is 16.0 Å². The van der Waals surface area contributed by atoms with Crippen LogP contribution in [0.25, 0.3) is 10.4 Å². The normalized spacial score (nSPS) is 17.6. The first-order valence-electron chi connectivity index (χ1n) is 17.1. The Hall–Kier alpha value is -6.03. The zero-order chi connectivity index (χ0) is 41.8. The van der Waals surface area contributed by atoms with E-state index < -0.39 is 82.8 Å². The first-order valence-corrected chi connectivity index (χ1v) is 18.0. The van der Waals surface area contributed by atoms with E-state index in [2.05, 4.69) is 46.3 Å². The highest BCUT2D eigenvalue weighted by atomic mass is 32.1. The summed E-state index contributed by atoms with van der Waals surface area (Å²) in [4.78, 5) is 90.8. The Morgan fingerprint density at radius 2 is 1.61 bits per heavy atom. The van der Waals surface area contributed by atoms with Gasteiger partial charge in [0.05, 0.1) is 31.4 Å². The number of ether oxygens (including phenoxy) is 3. The van der Waals surface area contributed by atoms with E-state index in [9.17, 15) is 33.9 Å². The quantitative estimate of drug-likeness (QED) is 0.0428. The Morgan fingerprint density at radius 3 is 2.12 bits per heavy atom. The van der Waals surface area contributed by atoms with Gasteiger partial charge in [-0.2, -0.15) is 15.0 Å². The van der Waals surface area contributed by atoms with Gasteiger partial charge < -0.3 is 34.8 Å². The third-order valence-electron chi connectivity index (χ3n) is 7.26. The number of β-lactam (4-membered cyclic amide) rings is 1. The third-order valence-corrected chi connectivity index (χ3v) is 8.02. The van der Waals surface area contributed by atoms with E-state index in [-0.39, 0.29) is 48.1 Å². The maximum atomic E-state index is 13.7. The number of imide groups is 1. The average molecular weight is 805 g/mol.